The van der Waals surface area contributed by atoms with Gasteiger partial charge < -0.3 is 4.74 Å². The number of hydrogen-bond acceptors (Lipinski definition) is 1. The molecular weight excluding hydrogens is 124 g/mol. The molecule has 0 aliphatic rings. The summed E-state index contributed by atoms with van der Waals surface area (Å²) < 4.78 is 4.87. The van der Waals surface area contributed by atoms with E-state index in [0.717, 1.165) is 12.0 Å². The van der Waals surface area contributed by atoms with Gasteiger partial charge in [-0.15, -0.1) is 0 Å². The molecule has 0 saturated carbocycles. The molecule has 0 aliphatic carbocycles. The zero-order valence-electron chi connectivity index (χ0n) is 6.68. The van der Waals surface area contributed by atoms with Crippen molar-refractivity contribution in [2.24, 2.45) is 0 Å². The Kier molecular flexibility index (Phi) is 4.38. The zero-order chi connectivity index (χ0) is 7.98. The summed E-state index contributed by atoms with van der Waals surface area (Å²) in [5.74, 6) is 0.678. The Morgan fingerprint density at radius 2 is 2.20 bits per heavy atom. The minimum Gasteiger partial charge on any atom is -0.497 e. The number of allylic oxidation sites excluding steroid dienone is 3. The van der Waals surface area contributed by atoms with Gasteiger partial charge in [-0.2, -0.15) is 0 Å². The molecule has 0 amide bonds. The van der Waals surface area contributed by atoms with E-state index < -0.39 is 0 Å². The summed E-state index contributed by atoms with van der Waals surface area (Å²) in [6.45, 7) is 9.38. The van der Waals surface area contributed by atoms with E-state index in [0.29, 0.717) is 5.76 Å². The van der Waals surface area contributed by atoms with Crippen molar-refractivity contribution in [3.63, 3.8) is 0 Å². The summed E-state index contributed by atoms with van der Waals surface area (Å²) in [4.78, 5) is 0. The van der Waals surface area contributed by atoms with Crippen LogP contribution in [0.25, 0.3) is 0 Å². The van der Waals surface area contributed by atoms with Gasteiger partial charge in [0.25, 0.3) is 0 Å². The largest absolute Gasteiger partial charge is 0.497 e. The van der Waals surface area contributed by atoms with Crippen LogP contribution in [0, 0.1) is 0 Å². The highest BCUT2D eigenvalue weighted by atomic mass is 16.5. The van der Waals surface area contributed by atoms with Crippen LogP contribution in [0.2, 0.25) is 0 Å². The van der Waals surface area contributed by atoms with Crippen LogP contribution >= 0.6 is 0 Å². The van der Waals surface area contributed by atoms with Crippen molar-refractivity contribution in [1.82, 2.24) is 0 Å². The second-order valence-electron chi connectivity index (χ2n) is 1.95. The number of ether oxygens (including phenoxy) is 1. The lowest BCUT2D eigenvalue weighted by Crippen LogP contribution is -1.81. The summed E-state index contributed by atoms with van der Waals surface area (Å²) in [6.07, 6.45) is 4.66. The van der Waals surface area contributed by atoms with Crippen LogP contribution in [-0.4, -0.2) is 7.11 Å². The summed E-state index contributed by atoms with van der Waals surface area (Å²) in [6, 6.07) is 0. The van der Waals surface area contributed by atoms with E-state index >= 15 is 0 Å². The van der Waals surface area contributed by atoms with Gasteiger partial charge in [-0.3, -0.25) is 0 Å². The fraction of sp³-hybridized carbons (Fsp3) is 0.333. The van der Waals surface area contributed by atoms with E-state index in [-0.39, 0.29) is 0 Å². The molecule has 0 aromatic rings. The van der Waals surface area contributed by atoms with E-state index in [2.05, 4.69) is 20.1 Å². The third-order valence-electron chi connectivity index (χ3n) is 1.28. The van der Waals surface area contributed by atoms with Gasteiger partial charge in [0.2, 0.25) is 0 Å². The minimum absolute atomic E-state index is 0.678. The van der Waals surface area contributed by atoms with Gasteiger partial charge >= 0.3 is 0 Å². The normalized spacial score (nSPS) is 10.8. The molecule has 0 aromatic heterocycles. The van der Waals surface area contributed by atoms with Crippen LogP contribution in [0.1, 0.15) is 13.3 Å². The Labute approximate surface area is 62.7 Å². The van der Waals surface area contributed by atoms with E-state index in [1.165, 1.54) is 0 Å². The highest BCUT2D eigenvalue weighted by molar-refractivity contribution is 5.23. The third-order valence-corrected chi connectivity index (χ3v) is 1.28. The molecule has 0 N–H and O–H groups in total. The molecule has 10 heavy (non-hydrogen) atoms. The maximum Gasteiger partial charge on any atom is 0.111 e. The van der Waals surface area contributed by atoms with Gasteiger partial charge in [-0.25, -0.2) is 0 Å². The molecule has 0 atom stereocenters. The van der Waals surface area contributed by atoms with Gasteiger partial charge in [0.05, 0.1) is 7.11 Å². The van der Waals surface area contributed by atoms with Crippen LogP contribution in [0.3, 0.4) is 0 Å². The fourth-order valence-corrected chi connectivity index (χ4v) is 0.571. The SMILES string of the molecule is C=C/C(=C\C(=C)OC)CC. The highest BCUT2D eigenvalue weighted by Gasteiger charge is 1.88. The van der Waals surface area contributed by atoms with Crippen molar-refractivity contribution < 1.29 is 4.74 Å². The predicted octanol–water partition coefficient (Wildman–Crippen LogP) is 2.67. The highest BCUT2D eigenvalue weighted by Crippen LogP contribution is 2.05. The molecule has 0 spiro atoms. The van der Waals surface area contributed by atoms with Crippen molar-refractivity contribution >= 4 is 0 Å². The van der Waals surface area contributed by atoms with Crippen LogP contribution in [0.15, 0.2) is 36.6 Å². The second-order valence-corrected chi connectivity index (χ2v) is 1.95. The van der Waals surface area contributed by atoms with E-state index in [1.54, 1.807) is 7.11 Å². The molecule has 0 bridgehead atoms. The second kappa shape index (κ2) is 4.86. The summed E-state index contributed by atoms with van der Waals surface area (Å²) in [5, 5.41) is 0. The molecular formula is C9H14O. The van der Waals surface area contributed by atoms with E-state index in [4.69, 9.17) is 4.74 Å². The number of rotatable bonds is 4. The van der Waals surface area contributed by atoms with E-state index in [9.17, 15) is 0 Å². The first-order valence-corrected chi connectivity index (χ1v) is 3.30. The lowest BCUT2D eigenvalue weighted by Gasteiger charge is -1.98. The van der Waals surface area contributed by atoms with Crippen LogP contribution in [0.5, 0.6) is 0 Å². The number of methoxy groups -OCH3 is 1. The molecule has 0 saturated heterocycles. The molecule has 0 aromatic carbocycles. The van der Waals surface area contributed by atoms with Crippen LogP contribution in [0.4, 0.5) is 0 Å². The first-order valence-electron chi connectivity index (χ1n) is 3.30. The topological polar surface area (TPSA) is 9.23 Å². The summed E-state index contributed by atoms with van der Waals surface area (Å²) >= 11 is 0. The number of hydrogen-bond donors (Lipinski definition) is 0. The van der Waals surface area contributed by atoms with Gasteiger partial charge in [-0.05, 0) is 18.1 Å². The average molecular weight is 138 g/mol. The fourth-order valence-electron chi connectivity index (χ4n) is 0.571. The lowest BCUT2D eigenvalue weighted by atomic mass is 10.2. The van der Waals surface area contributed by atoms with Crippen molar-refractivity contribution in [3.8, 4) is 0 Å². The smallest absolute Gasteiger partial charge is 0.111 e. The molecule has 1 heteroatoms. The Balaban J connectivity index is 4.09. The minimum atomic E-state index is 0.678. The molecule has 1 nitrogen and oxygen atoms in total. The molecule has 0 aliphatic heterocycles. The lowest BCUT2D eigenvalue weighted by molar-refractivity contribution is 0.308. The van der Waals surface area contributed by atoms with Crippen molar-refractivity contribution in [2.45, 2.75) is 13.3 Å². The first-order chi connectivity index (χ1) is 4.74. The van der Waals surface area contributed by atoms with Crippen LogP contribution in [-0.2, 0) is 4.74 Å². The van der Waals surface area contributed by atoms with E-state index in [1.807, 2.05) is 12.2 Å². The van der Waals surface area contributed by atoms with Gasteiger partial charge in [0, 0.05) is 0 Å². The Bertz CT molecular complexity index is 154. The predicted molar refractivity (Wildman–Crippen MR) is 44.7 cm³/mol. The Hall–Kier alpha value is -0.980. The molecule has 0 heterocycles. The van der Waals surface area contributed by atoms with Crippen molar-refractivity contribution in [3.05, 3.63) is 36.6 Å². The van der Waals surface area contributed by atoms with Gasteiger partial charge in [0.15, 0.2) is 0 Å². The summed E-state index contributed by atoms with van der Waals surface area (Å²) in [5.41, 5.74) is 1.15. The quantitative estimate of drug-likeness (QED) is 0.428. The molecule has 0 unspecified atom stereocenters. The third kappa shape index (κ3) is 3.13. The standard InChI is InChI=1S/C9H14O/c1-5-9(6-2)7-8(3)10-4/h5,7H,1,3,6H2,2,4H3/b9-7+. The van der Waals surface area contributed by atoms with Gasteiger partial charge in [0.1, 0.15) is 5.76 Å². The first kappa shape index (κ1) is 9.02. The maximum absolute atomic E-state index is 4.87. The molecule has 56 valence electrons. The van der Waals surface area contributed by atoms with Crippen molar-refractivity contribution in [2.75, 3.05) is 7.11 Å². The molecule has 0 rings (SSSR count). The van der Waals surface area contributed by atoms with Gasteiger partial charge in [-0.1, -0.05) is 26.2 Å². The van der Waals surface area contributed by atoms with Crippen molar-refractivity contribution in [1.29, 1.82) is 0 Å². The molecule has 0 fully saturated rings. The zero-order valence-corrected chi connectivity index (χ0v) is 6.68. The molecule has 0 radical (unpaired) electrons. The average Bonchev–Trinajstić information content (AvgIpc) is 1.99. The Morgan fingerprint density at radius 3 is 2.50 bits per heavy atom. The summed E-state index contributed by atoms with van der Waals surface area (Å²) in [7, 11) is 1.61. The van der Waals surface area contributed by atoms with Crippen LogP contribution < -0.4 is 0 Å². The monoisotopic (exact) mass is 138 g/mol. The maximum atomic E-state index is 4.87. The Morgan fingerprint density at radius 1 is 1.60 bits per heavy atom.